The van der Waals surface area contributed by atoms with Gasteiger partial charge in [0.05, 0.1) is 0 Å². The lowest BCUT2D eigenvalue weighted by Gasteiger charge is -2.36. The number of nitrogens with two attached hydrogens (primary N) is 1. The van der Waals surface area contributed by atoms with Crippen LogP contribution in [0.2, 0.25) is 0 Å². The van der Waals surface area contributed by atoms with E-state index in [-0.39, 0.29) is 0 Å². The Kier molecular flexibility index (Phi) is 3.48. The molecule has 4 atom stereocenters. The molecule has 1 nitrogen and oxygen atoms in total. The van der Waals surface area contributed by atoms with E-state index in [0.717, 1.165) is 17.8 Å². The van der Waals surface area contributed by atoms with Crippen molar-refractivity contribution in [1.82, 2.24) is 0 Å². The molecule has 1 heteroatoms. The monoisotopic (exact) mass is 195 g/mol. The summed E-state index contributed by atoms with van der Waals surface area (Å²) in [4.78, 5) is 0. The molecular weight excluding hydrogens is 170 g/mol. The Morgan fingerprint density at radius 1 is 0.857 bits per heavy atom. The van der Waals surface area contributed by atoms with E-state index in [4.69, 9.17) is 5.73 Å². The van der Waals surface area contributed by atoms with Gasteiger partial charge in [-0.15, -0.1) is 0 Å². The zero-order valence-electron chi connectivity index (χ0n) is 9.54. The first kappa shape index (κ1) is 10.5. The van der Waals surface area contributed by atoms with Crippen LogP contribution in [0.5, 0.6) is 0 Å². The molecule has 82 valence electrons. The Morgan fingerprint density at radius 3 is 2.36 bits per heavy atom. The van der Waals surface area contributed by atoms with Gasteiger partial charge in [-0.3, -0.25) is 0 Å². The summed E-state index contributed by atoms with van der Waals surface area (Å²) >= 11 is 0. The summed E-state index contributed by atoms with van der Waals surface area (Å²) in [5.74, 6) is 2.87. The van der Waals surface area contributed by atoms with Gasteiger partial charge in [0.15, 0.2) is 0 Å². The SMILES string of the molecule is CC1CC[C@H]2CCCCC2CC(N)C1. The Balaban J connectivity index is 1.96. The van der Waals surface area contributed by atoms with Crippen LogP contribution in [0.4, 0.5) is 0 Å². The van der Waals surface area contributed by atoms with Crippen molar-refractivity contribution >= 4 is 0 Å². The average molecular weight is 195 g/mol. The third kappa shape index (κ3) is 2.50. The van der Waals surface area contributed by atoms with Gasteiger partial charge < -0.3 is 5.73 Å². The van der Waals surface area contributed by atoms with Gasteiger partial charge in [-0.25, -0.2) is 0 Å². The van der Waals surface area contributed by atoms with Crippen molar-refractivity contribution in [2.75, 3.05) is 0 Å². The van der Waals surface area contributed by atoms with Crippen LogP contribution < -0.4 is 5.73 Å². The van der Waals surface area contributed by atoms with Gasteiger partial charge in [0, 0.05) is 6.04 Å². The minimum Gasteiger partial charge on any atom is -0.328 e. The molecule has 0 aromatic carbocycles. The molecule has 0 spiro atoms. The summed E-state index contributed by atoms with van der Waals surface area (Å²) in [7, 11) is 0. The Bertz CT molecular complexity index is 178. The van der Waals surface area contributed by atoms with Crippen LogP contribution in [0.3, 0.4) is 0 Å². The molecule has 2 N–H and O–H groups in total. The normalized spacial score (nSPS) is 45.0. The fourth-order valence-corrected chi connectivity index (χ4v) is 3.59. The molecule has 0 bridgehead atoms. The van der Waals surface area contributed by atoms with Crippen LogP contribution in [0, 0.1) is 17.8 Å². The summed E-state index contributed by atoms with van der Waals surface area (Å²) in [6, 6.07) is 0.496. The molecule has 2 aliphatic rings. The van der Waals surface area contributed by atoms with Crippen molar-refractivity contribution in [3.63, 3.8) is 0 Å². The predicted molar refractivity (Wildman–Crippen MR) is 61.1 cm³/mol. The third-order valence-electron chi connectivity index (χ3n) is 4.41. The molecule has 0 aromatic rings. The Morgan fingerprint density at radius 2 is 1.57 bits per heavy atom. The molecule has 0 radical (unpaired) electrons. The number of hydrogen-bond acceptors (Lipinski definition) is 1. The van der Waals surface area contributed by atoms with Gasteiger partial charge in [0.1, 0.15) is 0 Å². The lowest BCUT2D eigenvalue weighted by atomic mass is 9.70. The van der Waals surface area contributed by atoms with E-state index in [9.17, 15) is 0 Å². The van der Waals surface area contributed by atoms with E-state index in [1.807, 2.05) is 0 Å². The third-order valence-corrected chi connectivity index (χ3v) is 4.41. The quantitative estimate of drug-likeness (QED) is 0.630. The van der Waals surface area contributed by atoms with Gasteiger partial charge in [-0.2, -0.15) is 0 Å². The molecular formula is C13H25N. The van der Waals surface area contributed by atoms with E-state index in [1.54, 1.807) is 0 Å². The largest absolute Gasteiger partial charge is 0.328 e. The van der Waals surface area contributed by atoms with Crippen LogP contribution in [0.15, 0.2) is 0 Å². The van der Waals surface area contributed by atoms with Gasteiger partial charge >= 0.3 is 0 Å². The number of hydrogen-bond donors (Lipinski definition) is 1. The second kappa shape index (κ2) is 4.65. The van der Waals surface area contributed by atoms with E-state index >= 15 is 0 Å². The lowest BCUT2D eigenvalue weighted by Crippen LogP contribution is -2.33. The predicted octanol–water partition coefficient (Wildman–Crippen LogP) is 3.33. The van der Waals surface area contributed by atoms with Crippen molar-refractivity contribution in [3.8, 4) is 0 Å². The number of rotatable bonds is 0. The summed E-state index contributed by atoms with van der Waals surface area (Å²) in [5, 5.41) is 0. The first-order valence-electron chi connectivity index (χ1n) is 6.51. The van der Waals surface area contributed by atoms with Crippen LogP contribution in [-0.2, 0) is 0 Å². The molecule has 2 rings (SSSR count). The van der Waals surface area contributed by atoms with Crippen molar-refractivity contribution in [2.45, 2.75) is 64.3 Å². The summed E-state index contributed by atoms with van der Waals surface area (Å²) in [5.41, 5.74) is 6.20. The second-order valence-electron chi connectivity index (χ2n) is 5.72. The maximum atomic E-state index is 6.20. The van der Waals surface area contributed by atoms with E-state index in [0.29, 0.717) is 6.04 Å². The molecule has 2 fully saturated rings. The highest BCUT2D eigenvalue weighted by Gasteiger charge is 2.29. The highest BCUT2D eigenvalue weighted by molar-refractivity contribution is 4.82. The topological polar surface area (TPSA) is 26.0 Å². The molecule has 0 heterocycles. The van der Waals surface area contributed by atoms with Crippen LogP contribution in [0.25, 0.3) is 0 Å². The van der Waals surface area contributed by atoms with Crippen molar-refractivity contribution in [1.29, 1.82) is 0 Å². The summed E-state index contributed by atoms with van der Waals surface area (Å²) in [6.07, 6.45) is 11.4. The van der Waals surface area contributed by atoms with E-state index in [1.165, 1.54) is 51.4 Å². The van der Waals surface area contributed by atoms with E-state index in [2.05, 4.69) is 6.92 Å². The van der Waals surface area contributed by atoms with Crippen molar-refractivity contribution in [3.05, 3.63) is 0 Å². The highest BCUT2D eigenvalue weighted by atomic mass is 14.6. The summed E-state index contributed by atoms with van der Waals surface area (Å²) < 4.78 is 0. The van der Waals surface area contributed by atoms with E-state index < -0.39 is 0 Å². The zero-order valence-corrected chi connectivity index (χ0v) is 9.54. The molecule has 0 amide bonds. The van der Waals surface area contributed by atoms with Gasteiger partial charge in [0.2, 0.25) is 0 Å². The average Bonchev–Trinajstić information content (AvgIpc) is 2.14. The zero-order chi connectivity index (χ0) is 9.97. The first-order valence-corrected chi connectivity index (χ1v) is 6.51. The molecule has 14 heavy (non-hydrogen) atoms. The molecule has 3 unspecified atom stereocenters. The van der Waals surface area contributed by atoms with Crippen LogP contribution in [0.1, 0.15) is 58.3 Å². The smallest absolute Gasteiger partial charge is 0.00441 e. The minimum atomic E-state index is 0.496. The molecule has 0 aliphatic heterocycles. The minimum absolute atomic E-state index is 0.496. The fourth-order valence-electron chi connectivity index (χ4n) is 3.59. The Hall–Kier alpha value is -0.0400. The number of fused-ring (bicyclic) bond motifs is 1. The van der Waals surface area contributed by atoms with Gasteiger partial charge in [-0.05, 0) is 37.0 Å². The molecule has 0 saturated heterocycles. The maximum Gasteiger partial charge on any atom is 0.00441 e. The molecule has 2 aliphatic carbocycles. The van der Waals surface area contributed by atoms with Gasteiger partial charge in [0.25, 0.3) is 0 Å². The second-order valence-corrected chi connectivity index (χ2v) is 5.72. The lowest BCUT2D eigenvalue weighted by molar-refractivity contribution is 0.165. The standard InChI is InChI=1S/C13H25N/c1-10-6-7-11-4-2-3-5-12(11)9-13(14)8-10/h10-13H,2-9,14H2,1H3/t10?,11-,12?,13?/m1/s1. The highest BCUT2D eigenvalue weighted by Crippen LogP contribution is 2.39. The van der Waals surface area contributed by atoms with Crippen LogP contribution in [-0.4, -0.2) is 6.04 Å². The Labute approximate surface area is 88.4 Å². The van der Waals surface area contributed by atoms with Crippen LogP contribution >= 0.6 is 0 Å². The fraction of sp³-hybridized carbons (Fsp3) is 1.00. The van der Waals surface area contributed by atoms with Crippen molar-refractivity contribution < 1.29 is 0 Å². The maximum absolute atomic E-state index is 6.20. The van der Waals surface area contributed by atoms with Gasteiger partial charge in [-0.1, -0.05) is 39.0 Å². The molecule has 2 saturated carbocycles. The molecule has 0 aromatic heterocycles. The first-order chi connectivity index (χ1) is 6.75. The summed E-state index contributed by atoms with van der Waals surface area (Å²) in [6.45, 7) is 2.38. The van der Waals surface area contributed by atoms with Crippen molar-refractivity contribution in [2.24, 2.45) is 23.5 Å².